The van der Waals surface area contributed by atoms with Gasteiger partial charge < -0.3 is 16.6 Å². The third kappa shape index (κ3) is 5.63. The zero-order valence-corrected chi connectivity index (χ0v) is 4.70. The molecule has 1 atom stereocenters. The number of hydrogen-bond donors (Lipinski definition) is 3. The Labute approximate surface area is 69.9 Å². The number of nitrogens with two attached hydrogens (primary N) is 2. The maximum absolute atomic E-state index is 9.99. The number of amides is 1. The van der Waals surface area contributed by atoms with Gasteiger partial charge in [-0.25, -0.2) is 0 Å². The van der Waals surface area contributed by atoms with Gasteiger partial charge in [0.2, 0.25) is 5.91 Å². The fourth-order valence-corrected chi connectivity index (χ4v) is 0.304. The van der Waals surface area contributed by atoms with Crippen LogP contribution in [0.1, 0.15) is 6.42 Å². The van der Waals surface area contributed by atoms with Gasteiger partial charge in [0.25, 0.3) is 0 Å². The van der Waals surface area contributed by atoms with Crippen molar-refractivity contribution < 1.29 is 14.7 Å². The number of aliphatic carboxylic acids is 1. The molecule has 0 saturated heterocycles. The van der Waals surface area contributed by atoms with Gasteiger partial charge in [0.05, 0.1) is 6.42 Å². The van der Waals surface area contributed by atoms with Crippen molar-refractivity contribution in [1.82, 2.24) is 0 Å². The molecule has 0 fully saturated rings. The molecule has 0 bridgehead atoms. The topological polar surface area (TPSA) is 106 Å². The molecule has 0 rings (SSSR count). The summed E-state index contributed by atoms with van der Waals surface area (Å²) in [6.07, 6.45) is -0.310. The molecule has 0 aromatic heterocycles. The summed E-state index contributed by atoms with van der Waals surface area (Å²) in [6, 6.07) is -1.16. The Bertz CT molecular complexity index is 138. The van der Waals surface area contributed by atoms with E-state index in [1.807, 2.05) is 0 Å². The average Bonchev–Trinajstić information content (AvgIpc) is 1.63. The number of carbonyl (C=O) groups excluding carboxylic acids is 1. The van der Waals surface area contributed by atoms with Crippen LogP contribution in [0.3, 0.4) is 0 Å². The van der Waals surface area contributed by atoms with Crippen LogP contribution in [0.4, 0.5) is 0 Å². The average molecular weight is 140 g/mol. The first-order chi connectivity index (χ1) is 4.04. The van der Waals surface area contributed by atoms with Crippen LogP contribution >= 0.6 is 0 Å². The van der Waals surface area contributed by atoms with E-state index in [-0.39, 0.29) is 25.3 Å². The van der Waals surface area contributed by atoms with E-state index in [2.05, 4.69) is 5.73 Å². The van der Waals surface area contributed by atoms with Gasteiger partial charge >= 0.3 is 24.8 Å². The molecule has 0 aromatic rings. The third-order valence-electron chi connectivity index (χ3n) is 0.738. The van der Waals surface area contributed by atoms with E-state index in [1.165, 1.54) is 0 Å². The van der Waals surface area contributed by atoms with Crippen LogP contribution < -0.4 is 11.5 Å². The van der Waals surface area contributed by atoms with Crippen molar-refractivity contribution in [3.63, 3.8) is 0 Å². The molecule has 0 unspecified atom stereocenters. The molecule has 0 heterocycles. The Morgan fingerprint density at radius 2 is 1.90 bits per heavy atom. The first-order valence-electron chi connectivity index (χ1n) is 2.30. The van der Waals surface area contributed by atoms with Gasteiger partial charge in [0.15, 0.2) is 0 Å². The quantitative estimate of drug-likeness (QED) is 0.380. The second kappa shape index (κ2) is 5.30. The van der Waals surface area contributed by atoms with Crippen LogP contribution in [-0.4, -0.2) is 41.9 Å². The Hall–Kier alpha value is -0.503. The standard InChI is InChI=1S/C4H8N2O3.Li.H/c5-2(4(8)9)1-3(6)7;;/h2H,1,5H2,(H2,6,7)(H,8,9);;/t2-;;/m0../s1. The number of rotatable bonds is 3. The molecule has 6 heteroatoms. The minimum atomic E-state index is -1.21. The summed E-state index contributed by atoms with van der Waals surface area (Å²) in [4.78, 5) is 19.9. The first kappa shape index (κ1) is 12.2. The summed E-state index contributed by atoms with van der Waals surface area (Å²) in [6.45, 7) is 0. The molecule has 10 heavy (non-hydrogen) atoms. The van der Waals surface area contributed by atoms with Crippen LogP contribution in [0.25, 0.3) is 0 Å². The van der Waals surface area contributed by atoms with E-state index >= 15 is 0 Å². The second-order valence-electron chi connectivity index (χ2n) is 1.62. The molecule has 0 spiro atoms. The van der Waals surface area contributed by atoms with Crippen LogP contribution in [0, 0.1) is 0 Å². The number of carboxylic acids is 1. The van der Waals surface area contributed by atoms with Gasteiger partial charge in [-0.05, 0) is 0 Å². The van der Waals surface area contributed by atoms with Gasteiger partial charge in [-0.3, -0.25) is 9.59 Å². The molecule has 54 valence electrons. The van der Waals surface area contributed by atoms with E-state index in [0.717, 1.165) is 0 Å². The van der Waals surface area contributed by atoms with Crippen LogP contribution in [0.5, 0.6) is 0 Å². The predicted molar refractivity (Wildman–Crippen MR) is 36.6 cm³/mol. The molecule has 0 saturated carbocycles. The molecule has 1 amide bonds. The van der Waals surface area contributed by atoms with Crippen molar-refractivity contribution in [3.8, 4) is 0 Å². The molecular formula is C4H9LiN2O3. The molecule has 5 N–H and O–H groups in total. The Kier molecular flexibility index (Phi) is 6.46. The van der Waals surface area contributed by atoms with Crippen LogP contribution in [0.15, 0.2) is 0 Å². The molecule has 0 aromatic carbocycles. The van der Waals surface area contributed by atoms with Crippen molar-refractivity contribution >= 4 is 30.7 Å². The number of primary amides is 1. The number of carboxylic acid groups (broad SMARTS) is 1. The first-order valence-corrected chi connectivity index (χ1v) is 2.30. The molecule has 0 aliphatic heterocycles. The van der Waals surface area contributed by atoms with E-state index in [4.69, 9.17) is 10.8 Å². The molecule has 0 radical (unpaired) electrons. The van der Waals surface area contributed by atoms with Crippen molar-refractivity contribution in [2.45, 2.75) is 12.5 Å². The van der Waals surface area contributed by atoms with Gasteiger partial charge in [-0.2, -0.15) is 0 Å². The normalized spacial score (nSPS) is 11.3. The maximum atomic E-state index is 9.99. The summed E-state index contributed by atoms with van der Waals surface area (Å²) >= 11 is 0. The second-order valence-corrected chi connectivity index (χ2v) is 1.62. The monoisotopic (exact) mass is 140 g/mol. The Balaban J connectivity index is 0. The predicted octanol–water partition coefficient (Wildman–Crippen LogP) is -2.37. The summed E-state index contributed by atoms with van der Waals surface area (Å²) < 4.78 is 0. The van der Waals surface area contributed by atoms with Crippen molar-refractivity contribution in [2.75, 3.05) is 0 Å². The van der Waals surface area contributed by atoms with Gasteiger partial charge in [0, 0.05) is 0 Å². The fourth-order valence-electron chi connectivity index (χ4n) is 0.304. The zero-order chi connectivity index (χ0) is 7.44. The summed E-state index contributed by atoms with van der Waals surface area (Å²) in [7, 11) is 0. The van der Waals surface area contributed by atoms with Gasteiger partial charge in [-0.15, -0.1) is 0 Å². The number of carbonyl (C=O) groups is 2. The minimum absolute atomic E-state index is 0. The van der Waals surface area contributed by atoms with Crippen molar-refractivity contribution in [1.29, 1.82) is 0 Å². The van der Waals surface area contributed by atoms with E-state index in [1.54, 1.807) is 0 Å². The summed E-state index contributed by atoms with van der Waals surface area (Å²) in [5.41, 5.74) is 9.57. The Morgan fingerprint density at radius 3 is 2.00 bits per heavy atom. The summed E-state index contributed by atoms with van der Waals surface area (Å²) in [5.74, 6) is -1.92. The summed E-state index contributed by atoms with van der Waals surface area (Å²) in [5, 5.41) is 8.10. The molecule has 0 aliphatic rings. The van der Waals surface area contributed by atoms with Crippen LogP contribution in [0.2, 0.25) is 0 Å². The third-order valence-corrected chi connectivity index (χ3v) is 0.738. The van der Waals surface area contributed by atoms with E-state index < -0.39 is 17.9 Å². The van der Waals surface area contributed by atoms with Gasteiger partial charge in [-0.1, -0.05) is 0 Å². The van der Waals surface area contributed by atoms with E-state index in [0.29, 0.717) is 0 Å². The van der Waals surface area contributed by atoms with Crippen molar-refractivity contribution in [2.24, 2.45) is 11.5 Å². The molecule has 5 nitrogen and oxygen atoms in total. The Morgan fingerprint density at radius 1 is 1.50 bits per heavy atom. The SMILES string of the molecule is NC(=O)C[C@H](N)C(=O)O.[LiH]. The van der Waals surface area contributed by atoms with Gasteiger partial charge in [0.1, 0.15) is 6.04 Å². The fraction of sp³-hybridized carbons (Fsp3) is 0.500. The van der Waals surface area contributed by atoms with Crippen LogP contribution in [-0.2, 0) is 9.59 Å². The van der Waals surface area contributed by atoms with Crippen molar-refractivity contribution in [3.05, 3.63) is 0 Å². The zero-order valence-electron chi connectivity index (χ0n) is 4.70. The molecular weight excluding hydrogens is 131 g/mol. The van der Waals surface area contributed by atoms with E-state index in [9.17, 15) is 9.59 Å². The number of hydrogen-bond acceptors (Lipinski definition) is 3. The molecule has 0 aliphatic carbocycles.